The number of thiophene rings is 1. The van der Waals surface area contributed by atoms with Gasteiger partial charge in [0, 0.05) is 29.4 Å². The minimum atomic E-state index is -0.128. The van der Waals surface area contributed by atoms with Crippen molar-refractivity contribution >= 4 is 45.0 Å². The topological polar surface area (TPSA) is 76.0 Å². The Morgan fingerprint density at radius 3 is 2.68 bits per heavy atom. The van der Waals surface area contributed by atoms with Crippen molar-refractivity contribution in [3.63, 3.8) is 0 Å². The van der Waals surface area contributed by atoms with Crippen LogP contribution in [-0.4, -0.2) is 34.7 Å². The Morgan fingerprint density at radius 2 is 1.90 bits per heavy atom. The van der Waals surface area contributed by atoms with Gasteiger partial charge in [0.2, 0.25) is 5.91 Å². The van der Waals surface area contributed by atoms with Gasteiger partial charge in [-0.1, -0.05) is 49.1 Å². The first-order valence-electron chi connectivity index (χ1n) is 10.8. The molecule has 0 bridgehead atoms. The molecule has 2 amide bonds. The fourth-order valence-corrected chi connectivity index (χ4v) is 5.35. The van der Waals surface area contributed by atoms with E-state index < -0.39 is 0 Å². The van der Waals surface area contributed by atoms with Crippen molar-refractivity contribution in [2.24, 2.45) is 5.92 Å². The molecule has 2 heterocycles. The van der Waals surface area contributed by atoms with Gasteiger partial charge in [-0.3, -0.25) is 14.3 Å². The molecule has 164 valence electrons. The van der Waals surface area contributed by atoms with E-state index in [9.17, 15) is 9.59 Å². The molecule has 4 rings (SSSR count). The van der Waals surface area contributed by atoms with Crippen molar-refractivity contribution in [1.82, 2.24) is 20.4 Å². The van der Waals surface area contributed by atoms with Crippen LogP contribution in [0.1, 0.15) is 53.0 Å². The van der Waals surface area contributed by atoms with Crippen LogP contribution in [0.5, 0.6) is 0 Å². The van der Waals surface area contributed by atoms with Crippen molar-refractivity contribution < 1.29 is 9.59 Å². The zero-order chi connectivity index (χ0) is 21.8. The number of carbonyl (C=O) groups excluding carboxylic acids is 2. The van der Waals surface area contributed by atoms with Gasteiger partial charge in [-0.25, -0.2) is 0 Å². The fraction of sp³-hybridized carbons (Fsp3) is 0.435. The van der Waals surface area contributed by atoms with E-state index in [1.165, 1.54) is 17.8 Å². The molecule has 0 aliphatic heterocycles. The highest BCUT2D eigenvalue weighted by atomic mass is 35.5. The number of fused-ring (bicyclic) bond motifs is 1. The summed E-state index contributed by atoms with van der Waals surface area (Å²) in [7, 11) is 0. The molecule has 1 aromatic carbocycles. The highest BCUT2D eigenvalue weighted by Crippen LogP contribution is 2.29. The lowest BCUT2D eigenvalue weighted by Gasteiger charge is -2.20. The fourth-order valence-electron chi connectivity index (χ4n) is 4.08. The molecule has 2 aromatic heterocycles. The van der Waals surface area contributed by atoms with Gasteiger partial charge in [-0.15, -0.1) is 11.3 Å². The maximum Gasteiger partial charge on any atom is 0.261 e. The van der Waals surface area contributed by atoms with Gasteiger partial charge in [0.1, 0.15) is 4.83 Å². The van der Waals surface area contributed by atoms with Crippen LogP contribution in [0.3, 0.4) is 0 Å². The SMILES string of the molecule is Cc1nn(Cc2ccccc2Cl)c2sc(C(=O)NCCNC(=O)C3CCCCC3)cc12. The highest BCUT2D eigenvalue weighted by Gasteiger charge is 2.21. The van der Waals surface area contributed by atoms with Crippen molar-refractivity contribution in [3.05, 3.63) is 51.5 Å². The van der Waals surface area contributed by atoms with Gasteiger partial charge >= 0.3 is 0 Å². The molecule has 1 saturated carbocycles. The molecule has 0 radical (unpaired) electrons. The number of carbonyl (C=O) groups is 2. The van der Waals surface area contributed by atoms with Gasteiger partial charge < -0.3 is 10.6 Å². The van der Waals surface area contributed by atoms with Crippen molar-refractivity contribution in [3.8, 4) is 0 Å². The van der Waals surface area contributed by atoms with Crippen LogP contribution in [0.4, 0.5) is 0 Å². The lowest BCUT2D eigenvalue weighted by atomic mass is 9.89. The van der Waals surface area contributed by atoms with Gasteiger partial charge in [0.05, 0.1) is 17.1 Å². The Hall–Kier alpha value is -2.38. The molecule has 0 unspecified atom stereocenters. The molecule has 1 aliphatic carbocycles. The molecular formula is C23H27ClN4O2S. The number of aromatic nitrogens is 2. The normalized spacial score (nSPS) is 14.6. The van der Waals surface area contributed by atoms with E-state index in [0.29, 0.717) is 29.5 Å². The number of benzene rings is 1. The Balaban J connectivity index is 1.35. The monoisotopic (exact) mass is 458 g/mol. The number of nitrogens with zero attached hydrogens (tertiary/aromatic N) is 2. The lowest BCUT2D eigenvalue weighted by molar-refractivity contribution is -0.125. The molecule has 3 aromatic rings. The molecule has 31 heavy (non-hydrogen) atoms. The van der Waals surface area contributed by atoms with Crippen LogP contribution < -0.4 is 10.6 Å². The molecule has 0 saturated heterocycles. The molecule has 0 atom stereocenters. The van der Waals surface area contributed by atoms with Crippen LogP contribution in [0.2, 0.25) is 5.02 Å². The third-order valence-corrected chi connectivity index (χ3v) is 7.31. The first-order chi connectivity index (χ1) is 15.0. The average Bonchev–Trinajstić information content (AvgIpc) is 3.34. The second kappa shape index (κ2) is 9.83. The number of hydrogen-bond donors (Lipinski definition) is 2. The van der Waals surface area contributed by atoms with E-state index >= 15 is 0 Å². The molecule has 2 N–H and O–H groups in total. The Morgan fingerprint density at radius 1 is 1.16 bits per heavy atom. The quantitative estimate of drug-likeness (QED) is 0.510. The largest absolute Gasteiger partial charge is 0.354 e. The Kier molecular flexibility index (Phi) is 6.92. The van der Waals surface area contributed by atoms with Crippen molar-refractivity contribution in [1.29, 1.82) is 0 Å². The van der Waals surface area contributed by atoms with E-state index in [1.54, 1.807) is 0 Å². The van der Waals surface area contributed by atoms with Crippen molar-refractivity contribution in [2.45, 2.75) is 45.6 Å². The molecule has 1 fully saturated rings. The minimum absolute atomic E-state index is 0.117. The molecule has 6 nitrogen and oxygen atoms in total. The average molecular weight is 459 g/mol. The summed E-state index contributed by atoms with van der Waals surface area (Å²) in [4.78, 5) is 26.4. The molecule has 0 spiro atoms. The smallest absolute Gasteiger partial charge is 0.261 e. The Labute approximate surface area is 191 Å². The Bertz CT molecular complexity index is 1080. The van der Waals surface area contributed by atoms with E-state index in [-0.39, 0.29) is 17.7 Å². The summed E-state index contributed by atoms with van der Waals surface area (Å²) in [6, 6.07) is 9.59. The standard InChI is InChI=1S/C23H27ClN4O2S/c1-15-18-13-20(22(30)26-12-11-25-21(29)16-7-3-2-4-8-16)31-23(18)28(27-15)14-17-9-5-6-10-19(17)24/h5-6,9-10,13,16H,2-4,7-8,11-12,14H2,1H3,(H,25,29)(H,26,30). The number of amides is 2. The number of aryl methyl sites for hydroxylation is 1. The molecule has 8 heteroatoms. The number of rotatable bonds is 7. The second-order valence-corrected chi connectivity index (χ2v) is 9.48. The van der Waals surface area contributed by atoms with Crippen molar-refractivity contribution in [2.75, 3.05) is 13.1 Å². The maximum absolute atomic E-state index is 12.6. The van der Waals surface area contributed by atoms with Crippen LogP contribution in [0.25, 0.3) is 10.2 Å². The van der Waals surface area contributed by atoms with E-state index in [0.717, 1.165) is 47.2 Å². The number of halogens is 1. The zero-order valence-electron chi connectivity index (χ0n) is 17.6. The predicted octanol–water partition coefficient (Wildman–Crippen LogP) is 4.53. The lowest BCUT2D eigenvalue weighted by Crippen LogP contribution is -2.38. The third-order valence-electron chi connectivity index (χ3n) is 5.79. The second-order valence-electron chi connectivity index (χ2n) is 8.05. The number of nitrogens with one attached hydrogen (secondary N) is 2. The summed E-state index contributed by atoms with van der Waals surface area (Å²) in [6.45, 7) is 3.36. The van der Waals surface area contributed by atoms with Gasteiger partial charge in [-0.2, -0.15) is 5.10 Å². The number of hydrogen-bond acceptors (Lipinski definition) is 4. The molecular weight excluding hydrogens is 432 g/mol. The third kappa shape index (κ3) is 5.10. The van der Waals surface area contributed by atoms with E-state index in [2.05, 4.69) is 15.7 Å². The van der Waals surface area contributed by atoms with Crippen LogP contribution in [-0.2, 0) is 11.3 Å². The summed E-state index contributed by atoms with van der Waals surface area (Å²) in [5.74, 6) is 0.124. The first kappa shape index (κ1) is 21.8. The first-order valence-corrected chi connectivity index (χ1v) is 12.0. The van der Waals surface area contributed by atoms with Gasteiger partial charge in [-0.05, 0) is 37.5 Å². The van der Waals surface area contributed by atoms with Gasteiger partial charge in [0.25, 0.3) is 5.91 Å². The van der Waals surface area contributed by atoms with Gasteiger partial charge in [0.15, 0.2) is 0 Å². The van der Waals surface area contributed by atoms with E-state index in [4.69, 9.17) is 11.6 Å². The van der Waals surface area contributed by atoms with Crippen LogP contribution in [0.15, 0.2) is 30.3 Å². The highest BCUT2D eigenvalue weighted by molar-refractivity contribution is 7.20. The summed E-state index contributed by atoms with van der Waals surface area (Å²) in [5.41, 5.74) is 1.87. The van der Waals surface area contributed by atoms with Crippen LogP contribution >= 0.6 is 22.9 Å². The maximum atomic E-state index is 12.6. The summed E-state index contributed by atoms with van der Waals surface area (Å²) >= 11 is 7.72. The summed E-state index contributed by atoms with van der Waals surface area (Å²) in [6.07, 6.45) is 5.45. The van der Waals surface area contributed by atoms with E-state index in [1.807, 2.05) is 41.9 Å². The minimum Gasteiger partial charge on any atom is -0.354 e. The predicted molar refractivity (Wildman–Crippen MR) is 125 cm³/mol. The summed E-state index contributed by atoms with van der Waals surface area (Å²) < 4.78 is 1.90. The van der Waals surface area contributed by atoms with Crippen LogP contribution in [0, 0.1) is 12.8 Å². The molecule has 1 aliphatic rings. The summed E-state index contributed by atoms with van der Waals surface area (Å²) in [5, 5.41) is 12.2. The zero-order valence-corrected chi connectivity index (χ0v) is 19.2.